The predicted octanol–water partition coefficient (Wildman–Crippen LogP) is 4.00. The summed E-state index contributed by atoms with van der Waals surface area (Å²) in [6.45, 7) is 5.17. The van der Waals surface area contributed by atoms with Crippen molar-refractivity contribution in [3.63, 3.8) is 0 Å². The summed E-state index contributed by atoms with van der Waals surface area (Å²) >= 11 is 0. The zero-order valence-corrected chi connectivity index (χ0v) is 11.9. The molecule has 3 rings (SSSR count). The highest BCUT2D eigenvalue weighted by atomic mass is 15.1. The van der Waals surface area contributed by atoms with Crippen LogP contribution in [0.15, 0.2) is 42.5 Å². The van der Waals surface area contributed by atoms with Crippen molar-refractivity contribution in [3.05, 3.63) is 48.0 Å². The van der Waals surface area contributed by atoms with Crippen LogP contribution in [-0.2, 0) is 6.54 Å². The standard InChI is InChI=1S/C17H19N3/c1-3-10-20-16-7-5-4-6-15(16)19-17(20)13-9-8-12(2)14(18)11-13/h4-9,11H,3,10,18H2,1-2H3. The molecular weight excluding hydrogens is 246 g/mol. The molecule has 1 aromatic heterocycles. The predicted molar refractivity (Wildman–Crippen MR) is 84.6 cm³/mol. The number of fused-ring (bicyclic) bond motifs is 1. The van der Waals surface area contributed by atoms with Crippen molar-refractivity contribution in [1.82, 2.24) is 9.55 Å². The number of nitrogens with zero attached hydrogens (tertiary/aromatic N) is 2. The van der Waals surface area contributed by atoms with Gasteiger partial charge < -0.3 is 10.3 Å². The van der Waals surface area contributed by atoms with Gasteiger partial charge in [-0.1, -0.05) is 31.2 Å². The first kappa shape index (κ1) is 12.7. The van der Waals surface area contributed by atoms with E-state index in [1.807, 2.05) is 19.1 Å². The first-order valence-corrected chi connectivity index (χ1v) is 7.02. The molecule has 3 aromatic rings. The number of aromatic nitrogens is 2. The Bertz CT molecular complexity index is 756. The summed E-state index contributed by atoms with van der Waals surface area (Å²) in [7, 11) is 0. The zero-order valence-electron chi connectivity index (χ0n) is 11.9. The van der Waals surface area contributed by atoms with Gasteiger partial charge in [-0.05, 0) is 37.1 Å². The fourth-order valence-corrected chi connectivity index (χ4v) is 2.53. The molecule has 20 heavy (non-hydrogen) atoms. The van der Waals surface area contributed by atoms with Crippen LogP contribution in [0.25, 0.3) is 22.4 Å². The van der Waals surface area contributed by atoms with Gasteiger partial charge in [0.2, 0.25) is 0 Å². The molecule has 0 bridgehead atoms. The number of para-hydroxylation sites is 2. The number of benzene rings is 2. The quantitative estimate of drug-likeness (QED) is 0.727. The maximum Gasteiger partial charge on any atom is 0.141 e. The van der Waals surface area contributed by atoms with E-state index in [0.29, 0.717) is 0 Å². The highest BCUT2D eigenvalue weighted by Crippen LogP contribution is 2.27. The summed E-state index contributed by atoms with van der Waals surface area (Å²) in [5.74, 6) is 1.000. The van der Waals surface area contributed by atoms with Crippen LogP contribution in [0.4, 0.5) is 5.69 Å². The highest BCUT2D eigenvalue weighted by molar-refractivity contribution is 5.81. The van der Waals surface area contributed by atoms with Crippen LogP contribution in [-0.4, -0.2) is 9.55 Å². The van der Waals surface area contributed by atoms with E-state index in [2.05, 4.69) is 41.8 Å². The average molecular weight is 265 g/mol. The van der Waals surface area contributed by atoms with E-state index in [0.717, 1.165) is 41.1 Å². The summed E-state index contributed by atoms with van der Waals surface area (Å²) in [6, 6.07) is 14.4. The lowest BCUT2D eigenvalue weighted by molar-refractivity contribution is 0.704. The second-order valence-corrected chi connectivity index (χ2v) is 5.15. The third-order valence-corrected chi connectivity index (χ3v) is 3.64. The van der Waals surface area contributed by atoms with E-state index in [9.17, 15) is 0 Å². The number of imidazole rings is 1. The number of hydrogen-bond acceptors (Lipinski definition) is 2. The SMILES string of the molecule is CCCn1c(-c2ccc(C)c(N)c2)nc2ccccc21. The molecule has 0 saturated carbocycles. The van der Waals surface area contributed by atoms with Gasteiger partial charge in [-0.3, -0.25) is 0 Å². The van der Waals surface area contributed by atoms with Crippen molar-refractivity contribution in [2.24, 2.45) is 0 Å². The van der Waals surface area contributed by atoms with Gasteiger partial charge in [0.05, 0.1) is 11.0 Å². The van der Waals surface area contributed by atoms with Gasteiger partial charge in [-0.2, -0.15) is 0 Å². The molecule has 0 spiro atoms. The number of rotatable bonds is 3. The molecule has 0 aliphatic heterocycles. The second-order valence-electron chi connectivity index (χ2n) is 5.15. The normalized spacial score (nSPS) is 11.1. The molecule has 2 N–H and O–H groups in total. The van der Waals surface area contributed by atoms with Crippen molar-refractivity contribution >= 4 is 16.7 Å². The highest BCUT2D eigenvalue weighted by Gasteiger charge is 2.12. The monoisotopic (exact) mass is 265 g/mol. The molecule has 0 unspecified atom stereocenters. The van der Waals surface area contributed by atoms with Crippen LogP contribution < -0.4 is 5.73 Å². The van der Waals surface area contributed by atoms with Crippen molar-refractivity contribution in [2.45, 2.75) is 26.8 Å². The Kier molecular flexibility index (Phi) is 3.18. The van der Waals surface area contributed by atoms with E-state index >= 15 is 0 Å². The maximum absolute atomic E-state index is 6.04. The van der Waals surface area contributed by atoms with Gasteiger partial charge >= 0.3 is 0 Å². The minimum atomic E-state index is 0.817. The molecule has 0 aliphatic rings. The smallest absolute Gasteiger partial charge is 0.141 e. The van der Waals surface area contributed by atoms with Crippen molar-refractivity contribution in [3.8, 4) is 11.4 Å². The number of anilines is 1. The van der Waals surface area contributed by atoms with E-state index < -0.39 is 0 Å². The average Bonchev–Trinajstić information content (AvgIpc) is 2.82. The molecule has 0 amide bonds. The fraction of sp³-hybridized carbons (Fsp3) is 0.235. The first-order valence-electron chi connectivity index (χ1n) is 7.02. The van der Waals surface area contributed by atoms with Crippen LogP contribution in [0.2, 0.25) is 0 Å². The number of aryl methyl sites for hydroxylation is 2. The van der Waals surface area contributed by atoms with E-state index in [-0.39, 0.29) is 0 Å². The summed E-state index contributed by atoms with van der Waals surface area (Å²) in [4.78, 5) is 4.78. The van der Waals surface area contributed by atoms with E-state index in [4.69, 9.17) is 10.7 Å². The Hall–Kier alpha value is -2.29. The molecule has 0 atom stereocenters. The lowest BCUT2D eigenvalue weighted by Gasteiger charge is -2.09. The lowest BCUT2D eigenvalue weighted by atomic mass is 10.1. The van der Waals surface area contributed by atoms with Crippen LogP contribution >= 0.6 is 0 Å². The van der Waals surface area contributed by atoms with Gasteiger partial charge in [-0.25, -0.2) is 4.98 Å². The Morgan fingerprint density at radius 3 is 2.70 bits per heavy atom. The molecule has 2 aromatic carbocycles. The number of nitrogen functional groups attached to an aromatic ring is 1. The first-order chi connectivity index (χ1) is 9.70. The maximum atomic E-state index is 6.04. The fourth-order valence-electron chi connectivity index (χ4n) is 2.53. The topological polar surface area (TPSA) is 43.8 Å². The third kappa shape index (κ3) is 2.05. The van der Waals surface area contributed by atoms with Gasteiger partial charge in [0, 0.05) is 17.8 Å². The Labute approximate surface area is 119 Å². The molecule has 0 aliphatic carbocycles. The zero-order chi connectivity index (χ0) is 14.1. The van der Waals surface area contributed by atoms with E-state index in [1.165, 1.54) is 5.52 Å². The molecule has 0 fully saturated rings. The van der Waals surface area contributed by atoms with Crippen LogP contribution in [0.3, 0.4) is 0 Å². The molecule has 0 saturated heterocycles. The van der Waals surface area contributed by atoms with E-state index in [1.54, 1.807) is 0 Å². The van der Waals surface area contributed by atoms with Gasteiger partial charge in [-0.15, -0.1) is 0 Å². The van der Waals surface area contributed by atoms with Gasteiger partial charge in [0.25, 0.3) is 0 Å². The van der Waals surface area contributed by atoms with Gasteiger partial charge in [0.1, 0.15) is 5.82 Å². The summed E-state index contributed by atoms with van der Waals surface area (Å²) in [5.41, 5.74) is 11.3. The largest absolute Gasteiger partial charge is 0.398 e. The molecule has 3 nitrogen and oxygen atoms in total. The van der Waals surface area contributed by atoms with Crippen LogP contribution in [0.1, 0.15) is 18.9 Å². The molecule has 1 heterocycles. The Balaban J connectivity index is 2.23. The van der Waals surface area contributed by atoms with Crippen molar-refractivity contribution in [1.29, 1.82) is 0 Å². The van der Waals surface area contributed by atoms with Crippen LogP contribution in [0.5, 0.6) is 0 Å². The summed E-state index contributed by atoms with van der Waals surface area (Å²) < 4.78 is 2.28. The Morgan fingerprint density at radius 2 is 1.95 bits per heavy atom. The molecule has 3 heteroatoms. The van der Waals surface area contributed by atoms with Crippen molar-refractivity contribution < 1.29 is 0 Å². The van der Waals surface area contributed by atoms with Crippen LogP contribution in [0, 0.1) is 6.92 Å². The third-order valence-electron chi connectivity index (χ3n) is 3.64. The molecular formula is C17H19N3. The minimum Gasteiger partial charge on any atom is -0.398 e. The molecule has 0 radical (unpaired) electrons. The number of nitrogens with two attached hydrogens (primary N) is 1. The second kappa shape index (κ2) is 5.00. The summed E-state index contributed by atoms with van der Waals surface area (Å²) in [6.07, 6.45) is 1.08. The van der Waals surface area contributed by atoms with Crippen molar-refractivity contribution in [2.75, 3.05) is 5.73 Å². The lowest BCUT2D eigenvalue weighted by Crippen LogP contribution is -2.00. The minimum absolute atomic E-state index is 0.817. The Morgan fingerprint density at radius 1 is 1.15 bits per heavy atom. The number of hydrogen-bond donors (Lipinski definition) is 1. The van der Waals surface area contributed by atoms with Gasteiger partial charge in [0.15, 0.2) is 0 Å². The molecule has 102 valence electrons. The summed E-state index contributed by atoms with van der Waals surface area (Å²) in [5, 5.41) is 0.